The van der Waals surface area contributed by atoms with Gasteiger partial charge in [-0.15, -0.1) is 0 Å². The van der Waals surface area contributed by atoms with Gasteiger partial charge in [0.15, 0.2) is 14.6 Å². The van der Waals surface area contributed by atoms with Crippen molar-refractivity contribution >= 4 is 15.7 Å². The van der Waals surface area contributed by atoms with Crippen molar-refractivity contribution in [3.63, 3.8) is 0 Å². The van der Waals surface area contributed by atoms with Crippen molar-refractivity contribution in [2.75, 3.05) is 19.3 Å². The zero-order chi connectivity index (χ0) is 15.8. The summed E-state index contributed by atoms with van der Waals surface area (Å²) in [5.74, 6) is -0.190. The predicted octanol–water partition coefficient (Wildman–Crippen LogP) is 1.40. The molecule has 2 aliphatic rings. The van der Waals surface area contributed by atoms with Crippen molar-refractivity contribution in [3.8, 4) is 0 Å². The molecule has 1 amide bonds. The van der Waals surface area contributed by atoms with Crippen LogP contribution >= 0.6 is 0 Å². The molecule has 6 nitrogen and oxygen atoms in total. The van der Waals surface area contributed by atoms with Gasteiger partial charge >= 0.3 is 0 Å². The van der Waals surface area contributed by atoms with E-state index in [4.69, 9.17) is 0 Å². The lowest BCUT2D eigenvalue weighted by Crippen LogP contribution is -2.54. The van der Waals surface area contributed by atoms with Gasteiger partial charge in [0.2, 0.25) is 5.91 Å². The fourth-order valence-corrected chi connectivity index (χ4v) is 5.31. The normalized spacial score (nSPS) is 25.3. The Hall–Kier alpha value is -1.37. The second-order valence-corrected chi connectivity index (χ2v) is 8.83. The number of amides is 1. The van der Waals surface area contributed by atoms with Gasteiger partial charge in [-0.1, -0.05) is 12.8 Å². The number of likely N-dealkylation sites (tertiary alicyclic amines) is 1. The Bertz CT molecular complexity index is 633. The number of piperidine rings is 1. The Morgan fingerprint density at radius 2 is 2.00 bits per heavy atom. The average molecular weight is 325 g/mol. The predicted molar refractivity (Wildman–Crippen MR) is 83.1 cm³/mol. The summed E-state index contributed by atoms with van der Waals surface area (Å²) in [5.41, 5.74) is 0. The monoisotopic (exact) mass is 325 g/mol. The molecule has 1 atom stereocenters. The number of rotatable bonds is 3. The fourth-order valence-electron chi connectivity index (χ4n) is 3.83. The van der Waals surface area contributed by atoms with Gasteiger partial charge in [0.05, 0.1) is 6.04 Å². The number of aromatic nitrogens is 2. The van der Waals surface area contributed by atoms with Gasteiger partial charge in [-0.05, 0) is 31.7 Å². The van der Waals surface area contributed by atoms with Gasteiger partial charge in [-0.25, -0.2) is 8.42 Å². The largest absolute Gasteiger partial charge is 0.339 e. The maximum atomic E-state index is 13.0. The minimum Gasteiger partial charge on any atom is -0.339 e. The SMILES string of the molecule is CS(=O)(=O)C1(C(=O)N2CCC[C@H](n3cccn3)C2)CCCC1. The van der Waals surface area contributed by atoms with Crippen molar-refractivity contribution in [2.24, 2.45) is 0 Å². The summed E-state index contributed by atoms with van der Waals surface area (Å²) < 4.78 is 25.3. The van der Waals surface area contributed by atoms with Gasteiger partial charge in [0.25, 0.3) is 0 Å². The van der Waals surface area contributed by atoms with Crippen LogP contribution in [-0.4, -0.2) is 53.1 Å². The van der Waals surface area contributed by atoms with Gasteiger partial charge < -0.3 is 4.90 Å². The molecule has 2 fully saturated rings. The lowest BCUT2D eigenvalue weighted by atomic mass is 10.0. The van der Waals surface area contributed by atoms with E-state index in [1.165, 1.54) is 6.26 Å². The summed E-state index contributed by atoms with van der Waals surface area (Å²) in [6, 6.07) is 2.01. The van der Waals surface area contributed by atoms with Crippen LogP contribution in [0.5, 0.6) is 0 Å². The van der Waals surface area contributed by atoms with Crippen molar-refractivity contribution in [1.29, 1.82) is 0 Å². The second-order valence-electron chi connectivity index (χ2n) is 6.51. The van der Waals surface area contributed by atoms with Crippen molar-refractivity contribution in [1.82, 2.24) is 14.7 Å². The number of hydrogen-bond acceptors (Lipinski definition) is 4. The van der Waals surface area contributed by atoms with Crippen LogP contribution < -0.4 is 0 Å². The molecule has 22 heavy (non-hydrogen) atoms. The number of nitrogens with zero attached hydrogens (tertiary/aromatic N) is 3. The van der Waals surface area contributed by atoms with E-state index in [0.717, 1.165) is 25.7 Å². The van der Waals surface area contributed by atoms with Crippen molar-refractivity contribution < 1.29 is 13.2 Å². The molecular weight excluding hydrogens is 302 g/mol. The van der Waals surface area contributed by atoms with E-state index < -0.39 is 14.6 Å². The molecule has 0 N–H and O–H groups in total. The molecule has 2 heterocycles. The first kappa shape index (κ1) is 15.5. The van der Waals surface area contributed by atoms with E-state index in [1.807, 2.05) is 16.9 Å². The van der Waals surface area contributed by atoms with Gasteiger partial charge in [0, 0.05) is 31.7 Å². The molecule has 1 aromatic heterocycles. The number of carbonyl (C=O) groups is 1. The van der Waals surface area contributed by atoms with Crippen LogP contribution in [0.25, 0.3) is 0 Å². The molecule has 0 spiro atoms. The standard InChI is InChI=1S/C15H23N3O3S/c1-22(20,21)15(7-2-3-8-15)14(19)17-10-4-6-13(12-17)18-11-5-9-16-18/h5,9,11,13H,2-4,6-8,10,12H2,1H3/t13-/m0/s1. The molecule has 0 bridgehead atoms. The molecule has 1 aliphatic heterocycles. The molecule has 0 radical (unpaired) electrons. The van der Waals surface area contributed by atoms with Gasteiger partial charge in [-0.2, -0.15) is 5.10 Å². The third kappa shape index (κ3) is 2.55. The van der Waals surface area contributed by atoms with Crippen LogP contribution in [0.3, 0.4) is 0 Å². The molecule has 0 unspecified atom stereocenters. The third-order valence-corrected chi connectivity index (χ3v) is 7.10. The van der Waals surface area contributed by atoms with E-state index in [0.29, 0.717) is 25.9 Å². The topological polar surface area (TPSA) is 72.3 Å². The van der Waals surface area contributed by atoms with E-state index in [-0.39, 0.29) is 11.9 Å². The smallest absolute Gasteiger partial charge is 0.244 e. The molecule has 1 saturated heterocycles. The first-order chi connectivity index (χ1) is 10.4. The zero-order valence-electron chi connectivity index (χ0n) is 12.9. The quantitative estimate of drug-likeness (QED) is 0.842. The maximum Gasteiger partial charge on any atom is 0.244 e. The van der Waals surface area contributed by atoms with E-state index in [9.17, 15) is 13.2 Å². The highest BCUT2D eigenvalue weighted by molar-refractivity contribution is 7.92. The summed E-state index contributed by atoms with van der Waals surface area (Å²) in [7, 11) is -3.40. The maximum absolute atomic E-state index is 13.0. The number of hydrogen-bond donors (Lipinski definition) is 0. The molecule has 0 aromatic carbocycles. The lowest BCUT2D eigenvalue weighted by Gasteiger charge is -2.38. The fraction of sp³-hybridized carbons (Fsp3) is 0.733. The van der Waals surface area contributed by atoms with Crippen molar-refractivity contribution in [3.05, 3.63) is 18.5 Å². The highest BCUT2D eigenvalue weighted by Gasteiger charge is 2.52. The second kappa shape index (κ2) is 5.68. The number of sulfone groups is 1. The van der Waals surface area contributed by atoms with E-state index in [2.05, 4.69) is 5.10 Å². The van der Waals surface area contributed by atoms with Crippen LogP contribution in [0.2, 0.25) is 0 Å². The van der Waals surface area contributed by atoms with Crippen LogP contribution in [0.4, 0.5) is 0 Å². The summed E-state index contributed by atoms with van der Waals surface area (Å²) in [5, 5.41) is 4.26. The Kier molecular flexibility index (Phi) is 4.01. The first-order valence-corrected chi connectivity index (χ1v) is 9.81. The summed E-state index contributed by atoms with van der Waals surface area (Å²) in [6.45, 7) is 1.20. The summed E-state index contributed by atoms with van der Waals surface area (Å²) >= 11 is 0. The highest BCUT2D eigenvalue weighted by atomic mass is 32.2. The van der Waals surface area contributed by atoms with E-state index >= 15 is 0 Å². The molecule has 122 valence electrons. The Labute approximate surface area is 131 Å². The van der Waals surface area contributed by atoms with Crippen LogP contribution in [0.1, 0.15) is 44.6 Å². The van der Waals surface area contributed by atoms with Gasteiger partial charge in [-0.3, -0.25) is 9.48 Å². The Balaban J connectivity index is 1.82. The lowest BCUT2D eigenvalue weighted by molar-refractivity contribution is -0.135. The van der Waals surface area contributed by atoms with E-state index in [1.54, 1.807) is 11.1 Å². The minimum atomic E-state index is -3.40. The molecular formula is C15H23N3O3S. The third-order valence-electron chi connectivity index (χ3n) is 5.09. The minimum absolute atomic E-state index is 0.144. The molecule has 1 aromatic rings. The molecule has 3 rings (SSSR count). The molecule has 7 heteroatoms. The van der Waals surface area contributed by atoms with Gasteiger partial charge in [0.1, 0.15) is 0 Å². The average Bonchev–Trinajstić information content (AvgIpc) is 3.17. The number of carbonyl (C=O) groups excluding carboxylic acids is 1. The Morgan fingerprint density at radius 1 is 1.27 bits per heavy atom. The first-order valence-electron chi connectivity index (χ1n) is 7.92. The Morgan fingerprint density at radius 3 is 2.59 bits per heavy atom. The summed E-state index contributed by atoms with van der Waals surface area (Å²) in [4.78, 5) is 14.8. The molecule has 1 aliphatic carbocycles. The summed E-state index contributed by atoms with van der Waals surface area (Å²) in [6.07, 6.45) is 9.26. The zero-order valence-corrected chi connectivity index (χ0v) is 13.8. The van der Waals surface area contributed by atoms with Crippen LogP contribution in [0, 0.1) is 0 Å². The van der Waals surface area contributed by atoms with Crippen molar-refractivity contribution in [2.45, 2.75) is 49.3 Å². The van der Waals surface area contributed by atoms with Crippen LogP contribution in [-0.2, 0) is 14.6 Å². The molecule has 1 saturated carbocycles. The highest BCUT2D eigenvalue weighted by Crippen LogP contribution is 2.39. The van der Waals surface area contributed by atoms with Crippen LogP contribution in [0.15, 0.2) is 18.5 Å².